The predicted molar refractivity (Wildman–Crippen MR) is 132 cm³/mol. The van der Waals surface area contributed by atoms with Crippen LogP contribution in [-0.4, -0.2) is 32.4 Å². The third-order valence-corrected chi connectivity index (χ3v) is 8.69. The first-order chi connectivity index (χ1) is 16.1. The van der Waals surface area contributed by atoms with Crippen molar-refractivity contribution in [1.82, 2.24) is 19.4 Å². The highest BCUT2D eigenvalue weighted by molar-refractivity contribution is 7.99. The Hall–Kier alpha value is -2.81. The first-order valence-corrected chi connectivity index (χ1v) is 12.2. The second-order valence-corrected chi connectivity index (χ2v) is 10.3. The van der Waals surface area contributed by atoms with E-state index < -0.39 is 0 Å². The van der Waals surface area contributed by atoms with Crippen LogP contribution in [0.1, 0.15) is 30.0 Å². The number of anilines is 2. The Labute approximate surface area is 201 Å². The van der Waals surface area contributed by atoms with Crippen molar-refractivity contribution in [3.05, 3.63) is 71.3 Å². The van der Waals surface area contributed by atoms with Crippen LogP contribution in [-0.2, 0) is 6.42 Å². The number of nitrogen functional groups attached to an aromatic ring is 1. The minimum Gasteiger partial charge on any atom is -0.382 e. The smallest absolute Gasteiger partial charge is 0.211 e. The molecule has 0 saturated carbocycles. The van der Waals surface area contributed by atoms with E-state index in [4.69, 9.17) is 28.1 Å². The second kappa shape index (κ2) is 7.90. The maximum Gasteiger partial charge on any atom is 0.211 e. The molecule has 1 saturated heterocycles. The van der Waals surface area contributed by atoms with Gasteiger partial charge in [-0.15, -0.1) is 0 Å². The van der Waals surface area contributed by atoms with E-state index >= 15 is 0 Å². The molecule has 0 bridgehead atoms. The molecular formula is C24H24ClN7S. The number of nitrogens with zero attached hydrogens (tertiary/aromatic N) is 5. The van der Waals surface area contributed by atoms with Crippen molar-refractivity contribution in [2.75, 3.05) is 23.7 Å². The zero-order valence-corrected chi connectivity index (χ0v) is 19.6. The van der Waals surface area contributed by atoms with Gasteiger partial charge in [0.15, 0.2) is 5.65 Å². The molecule has 1 aliphatic carbocycles. The number of halogens is 1. The molecule has 3 aromatic heterocycles. The fourth-order valence-electron chi connectivity index (χ4n) is 5.29. The molecule has 33 heavy (non-hydrogen) atoms. The van der Waals surface area contributed by atoms with Crippen LogP contribution < -0.4 is 16.4 Å². The van der Waals surface area contributed by atoms with E-state index in [1.54, 1.807) is 6.20 Å². The molecule has 0 amide bonds. The van der Waals surface area contributed by atoms with Crippen LogP contribution in [0.4, 0.5) is 11.8 Å². The van der Waals surface area contributed by atoms with Gasteiger partial charge in [0.25, 0.3) is 0 Å². The minimum atomic E-state index is 0.105. The van der Waals surface area contributed by atoms with E-state index in [-0.39, 0.29) is 11.5 Å². The molecule has 4 heterocycles. The molecular weight excluding hydrogens is 454 g/mol. The Morgan fingerprint density at radius 2 is 1.85 bits per heavy atom. The summed E-state index contributed by atoms with van der Waals surface area (Å²) in [4.78, 5) is 17.6. The Bertz CT molecular complexity index is 1350. The van der Waals surface area contributed by atoms with E-state index in [0.717, 1.165) is 53.7 Å². The van der Waals surface area contributed by atoms with Crippen LogP contribution in [0.25, 0.3) is 5.65 Å². The van der Waals surface area contributed by atoms with Gasteiger partial charge in [0.1, 0.15) is 5.82 Å². The predicted octanol–water partition coefficient (Wildman–Crippen LogP) is 4.35. The number of aromatic nitrogens is 4. The van der Waals surface area contributed by atoms with Gasteiger partial charge in [0.05, 0.1) is 9.92 Å². The lowest BCUT2D eigenvalue weighted by Crippen LogP contribution is -2.45. The van der Waals surface area contributed by atoms with E-state index in [1.165, 1.54) is 22.9 Å². The van der Waals surface area contributed by atoms with Crippen molar-refractivity contribution in [2.45, 2.75) is 35.1 Å². The highest BCUT2D eigenvalue weighted by Crippen LogP contribution is 2.51. The number of benzene rings is 1. The van der Waals surface area contributed by atoms with Gasteiger partial charge in [-0.3, -0.25) is 4.40 Å². The molecule has 0 unspecified atom stereocenters. The summed E-state index contributed by atoms with van der Waals surface area (Å²) in [6.45, 7) is 1.84. The van der Waals surface area contributed by atoms with Crippen molar-refractivity contribution in [1.29, 1.82) is 0 Å². The monoisotopic (exact) mass is 477 g/mol. The van der Waals surface area contributed by atoms with Gasteiger partial charge in [0.2, 0.25) is 5.95 Å². The summed E-state index contributed by atoms with van der Waals surface area (Å²) in [5.74, 6) is 1.23. The summed E-state index contributed by atoms with van der Waals surface area (Å²) in [7, 11) is 0. The Morgan fingerprint density at radius 1 is 1.03 bits per heavy atom. The molecule has 6 rings (SSSR count). The Balaban J connectivity index is 1.25. The summed E-state index contributed by atoms with van der Waals surface area (Å²) in [6, 6.07) is 10.6. The molecule has 1 spiro atoms. The first-order valence-electron chi connectivity index (χ1n) is 11.0. The van der Waals surface area contributed by atoms with Crippen molar-refractivity contribution >= 4 is 40.8 Å². The normalized spacial score (nSPS) is 19.3. The summed E-state index contributed by atoms with van der Waals surface area (Å²) < 4.78 is 2.06. The zero-order chi connectivity index (χ0) is 22.6. The molecule has 7 nitrogen and oxygen atoms in total. The van der Waals surface area contributed by atoms with Crippen LogP contribution in [0.15, 0.2) is 64.9 Å². The number of pyridine rings is 1. The van der Waals surface area contributed by atoms with Crippen LogP contribution >= 0.6 is 23.4 Å². The standard InChI is InChI=1S/C24H24ClN7S/c25-19-17(5-8-28-21(19)27)33-18-14-30-23(32-12-9-29-22(18)32)31-10-6-24(7-11-31)13-15-3-1-2-4-16(15)20(24)26/h1-5,8-9,12,14,20H,6-7,10-11,13,26H2,(H2,27,28)/t20-/m1/s1. The third kappa shape index (κ3) is 3.36. The average molecular weight is 478 g/mol. The number of rotatable bonds is 3. The lowest BCUT2D eigenvalue weighted by Gasteiger charge is -2.42. The number of fused-ring (bicyclic) bond motifs is 2. The Morgan fingerprint density at radius 3 is 2.67 bits per heavy atom. The highest BCUT2D eigenvalue weighted by Gasteiger charge is 2.46. The van der Waals surface area contributed by atoms with E-state index in [0.29, 0.717) is 10.8 Å². The lowest BCUT2D eigenvalue weighted by molar-refractivity contribution is 0.186. The number of imidazole rings is 1. The van der Waals surface area contributed by atoms with E-state index in [2.05, 4.69) is 43.5 Å². The summed E-state index contributed by atoms with van der Waals surface area (Å²) in [6.07, 6.45) is 10.5. The fraction of sp³-hybridized carbons (Fsp3) is 0.292. The minimum absolute atomic E-state index is 0.105. The SMILES string of the molecule is Nc1nccc(Sc2cnc(N3CCC4(CC3)Cc3ccccc3[C@H]4N)n3ccnc23)c1Cl. The largest absolute Gasteiger partial charge is 0.382 e. The van der Waals surface area contributed by atoms with Gasteiger partial charge < -0.3 is 16.4 Å². The van der Waals surface area contributed by atoms with Crippen LogP contribution in [0.2, 0.25) is 5.02 Å². The van der Waals surface area contributed by atoms with Crippen molar-refractivity contribution in [3.8, 4) is 0 Å². The molecule has 0 radical (unpaired) electrons. The van der Waals surface area contributed by atoms with Crippen molar-refractivity contribution < 1.29 is 0 Å². The molecule has 1 aromatic carbocycles. The van der Waals surface area contributed by atoms with Gasteiger partial charge in [-0.2, -0.15) is 0 Å². The molecule has 4 aromatic rings. The first kappa shape index (κ1) is 20.8. The summed E-state index contributed by atoms with van der Waals surface area (Å²) >= 11 is 7.85. The number of piperidine rings is 1. The van der Waals surface area contributed by atoms with Gasteiger partial charge in [0, 0.05) is 48.8 Å². The molecule has 1 fully saturated rings. The summed E-state index contributed by atoms with van der Waals surface area (Å²) in [5, 5.41) is 0.450. The molecule has 9 heteroatoms. The molecule has 1 atom stereocenters. The molecule has 2 aliphatic rings. The van der Waals surface area contributed by atoms with Crippen LogP contribution in [0, 0.1) is 5.41 Å². The fourth-order valence-corrected chi connectivity index (χ4v) is 6.42. The maximum atomic E-state index is 6.75. The maximum absolute atomic E-state index is 6.75. The number of hydrogen-bond donors (Lipinski definition) is 2. The average Bonchev–Trinajstić information content (AvgIpc) is 3.42. The molecule has 1 aliphatic heterocycles. The van der Waals surface area contributed by atoms with Gasteiger partial charge in [-0.1, -0.05) is 47.6 Å². The zero-order valence-electron chi connectivity index (χ0n) is 18.0. The quantitative estimate of drug-likeness (QED) is 0.452. The summed E-state index contributed by atoms with van der Waals surface area (Å²) in [5.41, 5.74) is 16.3. The third-order valence-electron chi connectivity index (χ3n) is 7.11. The van der Waals surface area contributed by atoms with E-state index in [9.17, 15) is 0 Å². The Kier molecular flexibility index (Phi) is 4.97. The van der Waals surface area contributed by atoms with Crippen molar-refractivity contribution in [3.63, 3.8) is 0 Å². The van der Waals surface area contributed by atoms with Crippen LogP contribution in [0.3, 0.4) is 0 Å². The molecule has 168 valence electrons. The second-order valence-electron chi connectivity index (χ2n) is 8.86. The number of hydrogen-bond acceptors (Lipinski definition) is 7. The van der Waals surface area contributed by atoms with Gasteiger partial charge in [-0.25, -0.2) is 15.0 Å². The van der Waals surface area contributed by atoms with E-state index in [1.807, 2.05) is 24.7 Å². The van der Waals surface area contributed by atoms with Crippen molar-refractivity contribution in [2.24, 2.45) is 11.1 Å². The van der Waals surface area contributed by atoms with Crippen LogP contribution in [0.5, 0.6) is 0 Å². The number of nitrogens with two attached hydrogens (primary N) is 2. The topological polar surface area (TPSA) is 98.4 Å². The lowest BCUT2D eigenvalue weighted by atomic mass is 9.73. The highest BCUT2D eigenvalue weighted by atomic mass is 35.5. The van der Waals surface area contributed by atoms with Gasteiger partial charge >= 0.3 is 0 Å². The van der Waals surface area contributed by atoms with Gasteiger partial charge in [-0.05, 0) is 41.9 Å². The molecule has 4 N–H and O–H groups in total.